The van der Waals surface area contributed by atoms with E-state index in [1.165, 1.54) is 0 Å². The summed E-state index contributed by atoms with van der Waals surface area (Å²) >= 11 is 3.50. The lowest BCUT2D eigenvalue weighted by Crippen LogP contribution is -2.10. The Labute approximate surface area is 91.3 Å². The van der Waals surface area contributed by atoms with Crippen LogP contribution in [0.1, 0.15) is 5.82 Å². The second-order valence-corrected chi connectivity index (χ2v) is 4.08. The fourth-order valence-electron chi connectivity index (χ4n) is 1.54. The highest BCUT2D eigenvalue weighted by atomic mass is 79.9. The molecule has 4 heteroatoms. The average Bonchev–Trinajstić information content (AvgIpc) is 2.48. The molecule has 0 aliphatic heterocycles. The van der Waals surface area contributed by atoms with E-state index < -0.39 is 0 Å². The first kappa shape index (κ1) is 9.68. The van der Waals surface area contributed by atoms with Crippen LogP contribution < -0.4 is 5.32 Å². The summed E-state index contributed by atoms with van der Waals surface area (Å²) < 4.78 is 3.16. The maximum atomic E-state index is 4.56. The van der Waals surface area contributed by atoms with Gasteiger partial charge < -0.3 is 9.88 Å². The maximum absolute atomic E-state index is 4.56. The van der Waals surface area contributed by atoms with Crippen LogP contribution in [0.2, 0.25) is 0 Å². The van der Waals surface area contributed by atoms with E-state index in [2.05, 4.69) is 36.9 Å². The monoisotopic (exact) mass is 253 g/mol. The van der Waals surface area contributed by atoms with Crippen LogP contribution in [0.25, 0.3) is 11.0 Å². The lowest BCUT2D eigenvalue weighted by Gasteiger charge is -1.99. The van der Waals surface area contributed by atoms with Gasteiger partial charge in [-0.05, 0) is 35.1 Å². The standard InChI is InChI=1S/C10H12BrN3/c1-12-6-9-13-10-7(11)4-3-5-8(10)14(9)2/h3-5,12H,6H2,1-2H3. The van der Waals surface area contributed by atoms with E-state index in [9.17, 15) is 0 Å². The Morgan fingerprint density at radius 3 is 2.93 bits per heavy atom. The van der Waals surface area contributed by atoms with Crippen molar-refractivity contribution in [3.05, 3.63) is 28.5 Å². The maximum Gasteiger partial charge on any atom is 0.123 e. The Bertz CT molecular complexity index is 462. The zero-order valence-corrected chi connectivity index (χ0v) is 9.80. The Morgan fingerprint density at radius 1 is 1.50 bits per heavy atom. The molecule has 74 valence electrons. The van der Waals surface area contributed by atoms with Crippen LogP contribution in [0.15, 0.2) is 22.7 Å². The minimum Gasteiger partial charge on any atom is -0.330 e. The number of aryl methyl sites for hydroxylation is 1. The summed E-state index contributed by atoms with van der Waals surface area (Å²) in [6, 6.07) is 6.11. The first-order chi connectivity index (χ1) is 6.74. The second-order valence-electron chi connectivity index (χ2n) is 3.22. The van der Waals surface area contributed by atoms with E-state index in [0.29, 0.717) is 0 Å². The molecule has 1 heterocycles. The molecule has 0 amide bonds. The van der Waals surface area contributed by atoms with Crippen LogP contribution in [-0.4, -0.2) is 16.6 Å². The molecule has 14 heavy (non-hydrogen) atoms. The van der Waals surface area contributed by atoms with Gasteiger partial charge in [0.1, 0.15) is 11.3 Å². The number of para-hydroxylation sites is 1. The third-order valence-electron chi connectivity index (χ3n) is 2.29. The van der Waals surface area contributed by atoms with E-state index >= 15 is 0 Å². The molecular weight excluding hydrogens is 242 g/mol. The van der Waals surface area contributed by atoms with Gasteiger partial charge in [-0.1, -0.05) is 6.07 Å². The molecule has 0 aliphatic carbocycles. The zero-order chi connectivity index (χ0) is 10.1. The van der Waals surface area contributed by atoms with Crippen LogP contribution in [0, 0.1) is 0 Å². The Hall–Kier alpha value is -0.870. The van der Waals surface area contributed by atoms with Gasteiger partial charge in [-0.15, -0.1) is 0 Å². The van der Waals surface area contributed by atoms with Crippen LogP contribution >= 0.6 is 15.9 Å². The number of benzene rings is 1. The summed E-state index contributed by atoms with van der Waals surface area (Å²) in [5.74, 6) is 1.05. The van der Waals surface area contributed by atoms with Gasteiger partial charge in [0.15, 0.2) is 0 Å². The molecule has 2 aromatic rings. The number of rotatable bonds is 2. The zero-order valence-electron chi connectivity index (χ0n) is 8.21. The number of hydrogen-bond acceptors (Lipinski definition) is 2. The molecule has 0 saturated carbocycles. The third-order valence-corrected chi connectivity index (χ3v) is 2.93. The van der Waals surface area contributed by atoms with Gasteiger partial charge in [-0.2, -0.15) is 0 Å². The first-order valence-electron chi connectivity index (χ1n) is 4.48. The largest absolute Gasteiger partial charge is 0.330 e. The van der Waals surface area contributed by atoms with Crippen molar-refractivity contribution in [3.63, 3.8) is 0 Å². The third kappa shape index (κ3) is 1.44. The lowest BCUT2D eigenvalue weighted by molar-refractivity contribution is 0.719. The van der Waals surface area contributed by atoms with Gasteiger partial charge in [0.25, 0.3) is 0 Å². The van der Waals surface area contributed by atoms with Crippen molar-refractivity contribution < 1.29 is 0 Å². The van der Waals surface area contributed by atoms with E-state index in [-0.39, 0.29) is 0 Å². The minimum absolute atomic E-state index is 0.789. The molecule has 1 aromatic heterocycles. The minimum atomic E-state index is 0.789. The van der Waals surface area contributed by atoms with Crippen molar-refractivity contribution in [3.8, 4) is 0 Å². The molecule has 0 radical (unpaired) electrons. The highest BCUT2D eigenvalue weighted by Crippen LogP contribution is 2.23. The number of halogens is 1. The van der Waals surface area contributed by atoms with Crippen LogP contribution in [-0.2, 0) is 13.6 Å². The van der Waals surface area contributed by atoms with Gasteiger partial charge in [0, 0.05) is 11.5 Å². The summed E-state index contributed by atoms with van der Waals surface area (Å²) in [5, 5.41) is 3.11. The topological polar surface area (TPSA) is 29.9 Å². The van der Waals surface area contributed by atoms with E-state index in [0.717, 1.165) is 27.9 Å². The van der Waals surface area contributed by atoms with Crippen molar-refractivity contribution >= 4 is 27.0 Å². The van der Waals surface area contributed by atoms with Gasteiger partial charge in [0.2, 0.25) is 0 Å². The number of aromatic nitrogens is 2. The summed E-state index contributed by atoms with van der Waals surface area (Å²) in [4.78, 5) is 4.56. The molecule has 0 unspecified atom stereocenters. The molecule has 0 aliphatic rings. The first-order valence-corrected chi connectivity index (χ1v) is 5.27. The molecule has 0 saturated heterocycles. The highest BCUT2D eigenvalue weighted by Gasteiger charge is 2.08. The van der Waals surface area contributed by atoms with Gasteiger partial charge >= 0.3 is 0 Å². The van der Waals surface area contributed by atoms with Gasteiger partial charge in [-0.3, -0.25) is 0 Å². The average molecular weight is 254 g/mol. The van der Waals surface area contributed by atoms with Crippen LogP contribution in [0.4, 0.5) is 0 Å². The highest BCUT2D eigenvalue weighted by molar-refractivity contribution is 9.10. The molecule has 1 N–H and O–H groups in total. The molecule has 3 nitrogen and oxygen atoms in total. The number of imidazole rings is 1. The smallest absolute Gasteiger partial charge is 0.123 e. The predicted molar refractivity (Wildman–Crippen MR) is 61.2 cm³/mol. The van der Waals surface area contributed by atoms with Gasteiger partial charge in [-0.25, -0.2) is 4.98 Å². The number of nitrogens with one attached hydrogen (secondary N) is 1. The summed E-state index contributed by atoms with van der Waals surface area (Å²) in [7, 11) is 3.96. The molecule has 0 bridgehead atoms. The van der Waals surface area contributed by atoms with Crippen molar-refractivity contribution in [2.24, 2.45) is 7.05 Å². The summed E-state index contributed by atoms with van der Waals surface area (Å²) in [6.45, 7) is 0.789. The Kier molecular flexibility index (Phi) is 2.56. The molecule has 0 spiro atoms. The molecule has 1 aromatic carbocycles. The predicted octanol–water partition coefficient (Wildman–Crippen LogP) is 2.06. The fraction of sp³-hybridized carbons (Fsp3) is 0.300. The summed E-state index contributed by atoms with van der Waals surface area (Å²) in [5.41, 5.74) is 2.19. The Morgan fingerprint density at radius 2 is 2.29 bits per heavy atom. The quantitative estimate of drug-likeness (QED) is 0.888. The molecule has 0 atom stereocenters. The number of hydrogen-bond donors (Lipinski definition) is 1. The molecular formula is C10H12BrN3. The number of fused-ring (bicyclic) bond motifs is 1. The molecule has 0 fully saturated rings. The van der Waals surface area contributed by atoms with E-state index in [4.69, 9.17) is 0 Å². The summed E-state index contributed by atoms with van der Waals surface area (Å²) in [6.07, 6.45) is 0. The van der Waals surface area contributed by atoms with Crippen molar-refractivity contribution in [2.75, 3.05) is 7.05 Å². The SMILES string of the molecule is CNCc1nc2c(Br)cccc2n1C. The van der Waals surface area contributed by atoms with Crippen molar-refractivity contribution in [1.82, 2.24) is 14.9 Å². The normalized spacial score (nSPS) is 11.1. The Balaban J connectivity index is 2.67. The fourth-order valence-corrected chi connectivity index (χ4v) is 1.99. The second kappa shape index (κ2) is 3.71. The molecule has 2 rings (SSSR count). The lowest BCUT2D eigenvalue weighted by atomic mass is 10.3. The van der Waals surface area contributed by atoms with Crippen LogP contribution in [0.5, 0.6) is 0 Å². The van der Waals surface area contributed by atoms with Crippen molar-refractivity contribution in [2.45, 2.75) is 6.54 Å². The van der Waals surface area contributed by atoms with Crippen molar-refractivity contribution in [1.29, 1.82) is 0 Å². The van der Waals surface area contributed by atoms with Crippen LogP contribution in [0.3, 0.4) is 0 Å². The van der Waals surface area contributed by atoms with E-state index in [1.807, 2.05) is 26.2 Å². The van der Waals surface area contributed by atoms with Gasteiger partial charge in [0.05, 0.1) is 12.1 Å². The van der Waals surface area contributed by atoms with E-state index in [1.54, 1.807) is 0 Å². The number of nitrogens with zero attached hydrogens (tertiary/aromatic N) is 2.